The first-order valence-electron chi connectivity index (χ1n) is 7.36. The van der Waals surface area contributed by atoms with Gasteiger partial charge in [-0.05, 0) is 12.8 Å². The van der Waals surface area contributed by atoms with Gasteiger partial charge in [0, 0.05) is 12.2 Å². The summed E-state index contributed by atoms with van der Waals surface area (Å²) < 4.78 is 5.17. The Kier molecular flexibility index (Phi) is 9.22. The van der Waals surface area contributed by atoms with Crippen molar-refractivity contribution in [2.45, 2.75) is 64.1 Å². The highest BCUT2D eigenvalue weighted by molar-refractivity contribution is 8.13. The van der Waals surface area contributed by atoms with E-state index in [1.54, 1.807) is 0 Å². The molecule has 1 rings (SSSR count). The van der Waals surface area contributed by atoms with E-state index in [9.17, 15) is 4.79 Å². The number of aliphatic hydroxyl groups is 1. The van der Waals surface area contributed by atoms with E-state index in [-0.39, 0.29) is 18.8 Å². The van der Waals surface area contributed by atoms with Crippen molar-refractivity contribution in [3.8, 4) is 0 Å². The number of hydrogen-bond acceptors (Lipinski definition) is 4. The summed E-state index contributed by atoms with van der Waals surface area (Å²) in [6.07, 6.45) is 11.8. The molecule has 1 heterocycles. The number of rotatable bonds is 11. The van der Waals surface area contributed by atoms with Crippen molar-refractivity contribution in [2.75, 3.05) is 12.4 Å². The first-order valence-corrected chi connectivity index (χ1v) is 8.35. The fourth-order valence-corrected chi connectivity index (χ4v) is 2.66. The lowest BCUT2D eigenvalue weighted by molar-refractivity contribution is -0.111. The van der Waals surface area contributed by atoms with Crippen LogP contribution in [0.1, 0.15) is 51.9 Å². The largest absolute Gasteiger partial charge is 0.394 e. The van der Waals surface area contributed by atoms with Crippen LogP contribution >= 0.6 is 11.8 Å². The molecule has 0 amide bonds. The molecule has 4 heteroatoms. The lowest BCUT2D eigenvalue weighted by Gasteiger charge is -2.00. The number of carbonyl (C=O) groups is 1. The monoisotopic (exact) mass is 286 g/mol. The second kappa shape index (κ2) is 10.5. The molecule has 0 spiro atoms. The number of thioether (sulfide) groups is 1. The molecule has 110 valence electrons. The average Bonchev–Trinajstić information content (AvgIpc) is 3.17. The maximum absolute atomic E-state index is 11.6. The second-order valence-electron chi connectivity index (χ2n) is 4.92. The maximum atomic E-state index is 11.6. The van der Waals surface area contributed by atoms with Crippen molar-refractivity contribution < 1.29 is 14.6 Å². The van der Waals surface area contributed by atoms with Crippen LogP contribution in [-0.4, -0.2) is 34.8 Å². The molecule has 0 unspecified atom stereocenters. The average molecular weight is 286 g/mol. The summed E-state index contributed by atoms with van der Waals surface area (Å²) >= 11 is 1.44. The third kappa shape index (κ3) is 8.45. The van der Waals surface area contributed by atoms with Crippen LogP contribution in [0.2, 0.25) is 0 Å². The quantitative estimate of drug-likeness (QED) is 0.360. The summed E-state index contributed by atoms with van der Waals surface area (Å²) in [6, 6.07) is 0. The third-order valence-corrected chi connectivity index (χ3v) is 4.13. The fourth-order valence-electron chi connectivity index (χ4n) is 1.89. The highest BCUT2D eigenvalue weighted by atomic mass is 32.2. The molecular weight excluding hydrogens is 260 g/mol. The predicted octanol–water partition coefficient (Wildman–Crippen LogP) is 3.31. The van der Waals surface area contributed by atoms with Gasteiger partial charge in [0.1, 0.15) is 12.2 Å². The van der Waals surface area contributed by atoms with E-state index in [1.807, 2.05) is 12.2 Å². The van der Waals surface area contributed by atoms with Crippen LogP contribution in [0.4, 0.5) is 0 Å². The molecule has 0 aromatic rings. The van der Waals surface area contributed by atoms with Crippen LogP contribution in [0.5, 0.6) is 0 Å². The lowest BCUT2D eigenvalue weighted by atomic mass is 10.1. The molecule has 1 N–H and O–H groups in total. The van der Waals surface area contributed by atoms with Gasteiger partial charge in [-0.2, -0.15) is 0 Å². The highest BCUT2D eigenvalue weighted by Gasteiger charge is 2.35. The van der Waals surface area contributed by atoms with E-state index >= 15 is 0 Å². The van der Waals surface area contributed by atoms with Gasteiger partial charge in [0.25, 0.3) is 0 Å². The number of carbonyl (C=O) groups excluding carboxylic acids is 1. The normalized spacial score (nSPS) is 22.0. The Morgan fingerprint density at radius 1 is 1.32 bits per heavy atom. The van der Waals surface area contributed by atoms with Crippen molar-refractivity contribution >= 4 is 16.9 Å². The number of hydrogen-bond donors (Lipinski definition) is 1. The summed E-state index contributed by atoms with van der Waals surface area (Å²) in [5.41, 5.74) is 0. The van der Waals surface area contributed by atoms with Gasteiger partial charge in [0.2, 0.25) is 0 Å². The molecule has 3 nitrogen and oxygen atoms in total. The molecule has 1 aliphatic heterocycles. The first-order chi connectivity index (χ1) is 9.27. The van der Waals surface area contributed by atoms with Gasteiger partial charge in [0.05, 0.1) is 6.61 Å². The van der Waals surface area contributed by atoms with Gasteiger partial charge in [-0.25, -0.2) is 0 Å². The van der Waals surface area contributed by atoms with Crippen LogP contribution in [0, 0.1) is 0 Å². The summed E-state index contributed by atoms with van der Waals surface area (Å²) in [7, 11) is 0. The van der Waals surface area contributed by atoms with E-state index < -0.39 is 0 Å². The molecule has 0 aromatic carbocycles. The Morgan fingerprint density at radius 2 is 2.11 bits per heavy atom. The van der Waals surface area contributed by atoms with Crippen LogP contribution in [0.25, 0.3) is 0 Å². The molecule has 1 saturated heterocycles. The second-order valence-corrected chi connectivity index (χ2v) is 6.08. The highest BCUT2D eigenvalue weighted by Crippen LogP contribution is 2.22. The van der Waals surface area contributed by atoms with E-state index in [1.165, 1.54) is 37.4 Å². The summed E-state index contributed by atoms with van der Waals surface area (Å²) in [5, 5.41) is 9.10. The number of epoxide rings is 1. The Morgan fingerprint density at radius 3 is 2.79 bits per heavy atom. The zero-order chi connectivity index (χ0) is 13.9. The van der Waals surface area contributed by atoms with E-state index in [0.717, 1.165) is 25.0 Å². The minimum absolute atomic E-state index is 0.00801. The first kappa shape index (κ1) is 16.7. The van der Waals surface area contributed by atoms with Crippen LogP contribution in [0.3, 0.4) is 0 Å². The standard InChI is InChI=1S/C15H26O3S/c1-2-3-4-5-6-10-15(17)19-11-8-7-9-13-14(12-16)18-13/h7,9,13-14,16H,2-6,8,10-12H2,1H3/b9-7+/t13-,14-/m1/s1. The van der Waals surface area contributed by atoms with E-state index in [0.29, 0.717) is 5.12 Å². The van der Waals surface area contributed by atoms with Crippen molar-refractivity contribution in [1.29, 1.82) is 0 Å². The van der Waals surface area contributed by atoms with Crippen LogP contribution < -0.4 is 0 Å². The third-order valence-electron chi connectivity index (χ3n) is 3.16. The molecule has 0 aromatic heterocycles. The summed E-state index contributed by atoms with van der Waals surface area (Å²) in [4.78, 5) is 11.6. The van der Waals surface area contributed by atoms with Crippen molar-refractivity contribution in [3.63, 3.8) is 0 Å². The van der Waals surface area contributed by atoms with Gasteiger partial charge >= 0.3 is 0 Å². The number of aliphatic hydroxyl groups excluding tert-OH is 1. The zero-order valence-corrected chi connectivity index (χ0v) is 12.7. The summed E-state index contributed by atoms with van der Waals surface area (Å²) in [5.74, 6) is 0.848. The van der Waals surface area contributed by atoms with Crippen molar-refractivity contribution in [2.24, 2.45) is 0 Å². The van der Waals surface area contributed by atoms with Crippen molar-refractivity contribution in [3.05, 3.63) is 12.2 Å². The molecule has 0 aliphatic carbocycles. The molecule has 1 fully saturated rings. The smallest absolute Gasteiger partial charge is 0.188 e. The topological polar surface area (TPSA) is 49.8 Å². The Bertz CT molecular complexity index is 279. The van der Waals surface area contributed by atoms with E-state index in [4.69, 9.17) is 9.84 Å². The zero-order valence-electron chi connectivity index (χ0n) is 11.8. The Hall–Kier alpha value is -0.320. The molecule has 0 bridgehead atoms. The van der Waals surface area contributed by atoms with Crippen LogP contribution in [-0.2, 0) is 9.53 Å². The molecule has 1 aliphatic rings. The molecule has 0 saturated carbocycles. The maximum Gasteiger partial charge on any atom is 0.188 e. The summed E-state index contributed by atoms with van der Waals surface area (Å²) in [6.45, 7) is 2.30. The minimum atomic E-state index is 0.00801. The molecular formula is C15H26O3S. The SMILES string of the molecule is CCCCCCCC(=O)SCC/C=C/[C@H]1O[C@@H]1CO. The lowest BCUT2D eigenvalue weighted by Crippen LogP contribution is -1.96. The fraction of sp³-hybridized carbons (Fsp3) is 0.800. The molecule has 0 radical (unpaired) electrons. The van der Waals surface area contributed by atoms with Gasteiger partial charge in [-0.15, -0.1) is 0 Å². The van der Waals surface area contributed by atoms with Crippen molar-refractivity contribution in [1.82, 2.24) is 0 Å². The molecule has 19 heavy (non-hydrogen) atoms. The van der Waals surface area contributed by atoms with Crippen LogP contribution in [0.15, 0.2) is 12.2 Å². The van der Waals surface area contributed by atoms with Gasteiger partial charge in [-0.3, -0.25) is 4.79 Å². The predicted molar refractivity (Wildman–Crippen MR) is 80.3 cm³/mol. The Labute approximate surface area is 120 Å². The number of unbranched alkanes of at least 4 members (excludes halogenated alkanes) is 4. The van der Waals surface area contributed by atoms with Gasteiger partial charge < -0.3 is 9.84 Å². The Balaban J connectivity index is 1.87. The number of ether oxygens (including phenoxy) is 1. The van der Waals surface area contributed by atoms with E-state index in [2.05, 4.69) is 6.92 Å². The van der Waals surface area contributed by atoms with Gasteiger partial charge in [0.15, 0.2) is 5.12 Å². The minimum Gasteiger partial charge on any atom is -0.394 e. The van der Waals surface area contributed by atoms with Gasteiger partial charge in [-0.1, -0.05) is 56.5 Å². The molecule has 2 atom stereocenters. The number of allylic oxidation sites excluding steroid dienone is 1.